The van der Waals surface area contributed by atoms with E-state index in [0.717, 1.165) is 37.4 Å². The molecule has 0 N–H and O–H groups in total. The number of ether oxygens (including phenoxy) is 1. The van der Waals surface area contributed by atoms with Gasteiger partial charge in [-0.05, 0) is 49.2 Å². The number of benzene rings is 2. The molecule has 7 nitrogen and oxygen atoms in total. The number of amides is 2. The molecule has 2 amide bonds. The zero-order valence-corrected chi connectivity index (χ0v) is 23.1. The molecule has 0 atom stereocenters. The Morgan fingerprint density at radius 2 is 1.68 bits per heavy atom. The largest absolute Gasteiger partial charge is 0.464 e. The predicted molar refractivity (Wildman–Crippen MR) is 148 cm³/mol. The van der Waals surface area contributed by atoms with Crippen LogP contribution in [0.4, 0.5) is 0 Å². The van der Waals surface area contributed by atoms with Crippen LogP contribution in [0, 0.1) is 6.92 Å². The molecule has 1 aliphatic heterocycles. The van der Waals surface area contributed by atoms with Crippen molar-refractivity contribution in [1.29, 1.82) is 0 Å². The van der Waals surface area contributed by atoms with Crippen molar-refractivity contribution in [2.75, 3.05) is 45.9 Å². The van der Waals surface area contributed by atoms with Gasteiger partial charge in [-0.2, -0.15) is 0 Å². The van der Waals surface area contributed by atoms with E-state index < -0.39 is 0 Å². The summed E-state index contributed by atoms with van der Waals surface area (Å²) in [6.45, 7) is 6.94. The second kappa shape index (κ2) is 13.8. The Kier molecular flexibility index (Phi) is 10.2. The van der Waals surface area contributed by atoms with Crippen molar-refractivity contribution in [3.63, 3.8) is 0 Å². The third-order valence-corrected chi connectivity index (χ3v) is 7.24. The zero-order valence-electron chi connectivity index (χ0n) is 21.6. The van der Waals surface area contributed by atoms with E-state index in [2.05, 4.69) is 4.90 Å². The average Bonchev–Trinajstić information content (AvgIpc) is 3.34. The predicted octanol–water partition coefficient (Wildman–Crippen LogP) is 5.29. The maximum absolute atomic E-state index is 13.7. The van der Waals surface area contributed by atoms with E-state index in [1.165, 1.54) is 0 Å². The molecule has 1 aromatic heterocycles. The number of halogens is 2. The third kappa shape index (κ3) is 8.08. The second-order valence-corrected chi connectivity index (χ2v) is 10.2. The van der Waals surface area contributed by atoms with Crippen LogP contribution in [0.5, 0.6) is 0 Å². The highest BCUT2D eigenvalue weighted by Crippen LogP contribution is 2.23. The van der Waals surface area contributed by atoms with E-state index in [9.17, 15) is 9.59 Å². The maximum Gasteiger partial charge on any atom is 0.254 e. The summed E-state index contributed by atoms with van der Waals surface area (Å²) in [7, 11) is 0. The van der Waals surface area contributed by atoms with Gasteiger partial charge in [-0.1, -0.05) is 53.5 Å². The number of rotatable bonds is 11. The van der Waals surface area contributed by atoms with Crippen molar-refractivity contribution in [3.05, 3.63) is 93.4 Å². The second-order valence-electron chi connectivity index (χ2n) is 9.41. The number of hydrogen-bond acceptors (Lipinski definition) is 5. The Bertz CT molecular complexity index is 1210. The molecule has 0 aliphatic carbocycles. The van der Waals surface area contributed by atoms with Crippen LogP contribution in [-0.2, 0) is 22.6 Å². The van der Waals surface area contributed by atoms with Crippen LogP contribution in [-0.4, -0.2) is 72.5 Å². The van der Waals surface area contributed by atoms with Gasteiger partial charge < -0.3 is 19.0 Å². The summed E-state index contributed by atoms with van der Waals surface area (Å²) >= 11 is 12.3. The Hall–Kier alpha value is -2.84. The topological polar surface area (TPSA) is 66.2 Å². The van der Waals surface area contributed by atoms with Crippen LogP contribution in [0.3, 0.4) is 0 Å². The molecule has 9 heteroatoms. The van der Waals surface area contributed by atoms with Gasteiger partial charge in [-0.15, -0.1) is 0 Å². The number of aryl methyl sites for hydroxylation is 1. The minimum absolute atomic E-state index is 0.0608. The Morgan fingerprint density at radius 3 is 2.37 bits per heavy atom. The van der Waals surface area contributed by atoms with E-state index in [-0.39, 0.29) is 18.4 Å². The molecule has 0 unspecified atom stereocenters. The number of hydrogen-bond donors (Lipinski definition) is 0. The van der Waals surface area contributed by atoms with Gasteiger partial charge in [0.05, 0.1) is 29.8 Å². The lowest BCUT2D eigenvalue weighted by Gasteiger charge is -2.30. The van der Waals surface area contributed by atoms with Crippen molar-refractivity contribution in [2.24, 2.45) is 0 Å². The SMILES string of the molecule is Cc1ccc(CN(Cc2ccccc2)C(=O)CN(CCCN2CCOCC2)C(=O)c2ccc(Cl)c(Cl)c2)o1. The van der Waals surface area contributed by atoms with Gasteiger partial charge in [0.2, 0.25) is 5.91 Å². The highest BCUT2D eigenvalue weighted by molar-refractivity contribution is 6.42. The normalized spacial score (nSPS) is 13.9. The lowest BCUT2D eigenvalue weighted by atomic mass is 10.1. The summed E-state index contributed by atoms with van der Waals surface area (Å²) in [5, 5.41) is 0.678. The first-order valence-corrected chi connectivity index (χ1v) is 13.6. The van der Waals surface area contributed by atoms with Gasteiger partial charge >= 0.3 is 0 Å². The molecular weight excluding hydrogens is 525 g/mol. The summed E-state index contributed by atoms with van der Waals surface area (Å²) in [4.78, 5) is 32.9. The number of nitrogens with zero attached hydrogens (tertiary/aromatic N) is 3. The first-order chi connectivity index (χ1) is 18.4. The molecule has 0 spiro atoms. The number of carbonyl (C=O) groups excluding carboxylic acids is 2. The van der Waals surface area contributed by atoms with Crippen LogP contribution < -0.4 is 0 Å². The molecule has 3 aromatic rings. The quantitative estimate of drug-likeness (QED) is 0.320. The minimum atomic E-state index is -0.257. The van der Waals surface area contributed by atoms with Crippen LogP contribution >= 0.6 is 23.2 Å². The Morgan fingerprint density at radius 1 is 0.921 bits per heavy atom. The first-order valence-electron chi connectivity index (χ1n) is 12.8. The van der Waals surface area contributed by atoms with Crippen molar-refractivity contribution in [3.8, 4) is 0 Å². The van der Waals surface area contributed by atoms with Gasteiger partial charge in [0, 0.05) is 38.3 Å². The standard InChI is InChI=1S/C29H33Cl2N3O4/c1-22-8-10-25(38-22)20-34(19-23-6-3-2-4-7-23)28(35)21-33(13-5-12-32-14-16-37-17-15-32)29(36)24-9-11-26(30)27(31)18-24/h2-4,6-11,18H,5,12-17,19-21H2,1H3. The molecule has 2 heterocycles. The van der Waals surface area contributed by atoms with Gasteiger partial charge in [0.15, 0.2) is 0 Å². The number of furan rings is 1. The molecular formula is C29H33Cl2N3O4. The summed E-state index contributed by atoms with van der Waals surface area (Å²) in [5.41, 5.74) is 1.40. The smallest absolute Gasteiger partial charge is 0.254 e. The summed E-state index contributed by atoms with van der Waals surface area (Å²) in [6, 6.07) is 18.4. The van der Waals surface area contributed by atoms with E-state index in [4.69, 9.17) is 32.4 Å². The molecule has 0 saturated carbocycles. The van der Waals surface area contributed by atoms with E-state index in [0.29, 0.717) is 54.2 Å². The lowest BCUT2D eigenvalue weighted by Crippen LogP contribution is -2.44. The maximum atomic E-state index is 13.7. The van der Waals surface area contributed by atoms with Crippen LogP contribution in [0.15, 0.2) is 65.1 Å². The van der Waals surface area contributed by atoms with Crippen molar-refractivity contribution >= 4 is 35.0 Å². The van der Waals surface area contributed by atoms with E-state index >= 15 is 0 Å². The monoisotopic (exact) mass is 557 g/mol. The van der Waals surface area contributed by atoms with Gasteiger partial charge in [-0.3, -0.25) is 14.5 Å². The van der Waals surface area contributed by atoms with Crippen LogP contribution in [0.1, 0.15) is 33.9 Å². The molecule has 202 valence electrons. The summed E-state index contributed by atoms with van der Waals surface area (Å²) in [5.74, 6) is 1.06. The van der Waals surface area contributed by atoms with Crippen LogP contribution in [0.2, 0.25) is 10.0 Å². The molecule has 1 saturated heterocycles. The first kappa shape index (κ1) is 28.2. The highest BCUT2D eigenvalue weighted by atomic mass is 35.5. The summed E-state index contributed by atoms with van der Waals surface area (Å²) < 4.78 is 11.2. The molecule has 0 bridgehead atoms. The van der Waals surface area contributed by atoms with E-state index in [1.807, 2.05) is 49.4 Å². The van der Waals surface area contributed by atoms with Crippen LogP contribution in [0.25, 0.3) is 0 Å². The Labute approximate surface area is 233 Å². The fraction of sp³-hybridized carbons (Fsp3) is 0.379. The molecule has 38 heavy (non-hydrogen) atoms. The van der Waals surface area contributed by atoms with Crippen molar-refractivity contribution < 1.29 is 18.7 Å². The fourth-order valence-electron chi connectivity index (χ4n) is 4.43. The Balaban J connectivity index is 1.51. The molecule has 4 rings (SSSR count). The number of morpholine rings is 1. The lowest BCUT2D eigenvalue weighted by molar-refractivity contribution is -0.133. The molecule has 0 radical (unpaired) electrons. The van der Waals surface area contributed by atoms with Gasteiger partial charge in [0.1, 0.15) is 18.1 Å². The van der Waals surface area contributed by atoms with Gasteiger partial charge in [0.25, 0.3) is 5.91 Å². The van der Waals surface area contributed by atoms with Crippen molar-refractivity contribution in [1.82, 2.24) is 14.7 Å². The van der Waals surface area contributed by atoms with Gasteiger partial charge in [-0.25, -0.2) is 0 Å². The number of carbonyl (C=O) groups is 2. The average molecular weight is 559 g/mol. The van der Waals surface area contributed by atoms with E-state index in [1.54, 1.807) is 28.0 Å². The summed E-state index contributed by atoms with van der Waals surface area (Å²) in [6.07, 6.45) is 0.733. The van der Waals surface area contributed by atoms with Crippen molar-refractivity contribution in [2.45, 2.75) is 26.4 Å². The zero-order chi connectivity index (χ0) is 26.9. The third-order valence-electron chi connectivity index (χ3n) is 6.50. The molecule has 1 fully saturated rings. The highest BCUT2D eigenvalue weighted by Gasteiger charge is 2.24. The fourth-order valence-corrected chi connectivity index (χ4v) is 4.73. The molecule has 1 aliphatic rings. The molecule has 2 aromatic carbocycles. The minimum Gasteiger partial charge on any atom is -0.464 e.